The SMILES string of the molecule is CC/C=C\C/C=C\C/C=C\CC(=O)OCC(COC(=O)CCC/C=C\C/C=C\C/C=C\C/C=C\CCCCC)OC(=O)CCCCCCC/C=C\CCCCC. The lowest BCUT2D eigenvalue weighted by atomic mass is 10.1. The Bertz CT molecular complexity index is 1170. The third-order valence-electron chi connectivity index (χ3n) is 8.82. The summed E-state index contributed by atoms with van der Waals surface area (Å²) >= 11 is 0. The Morgan fingerprint density at radius 3 is 1.32 bits per heavy atom. The lowest BCUT2D eigenvalue weighted by molar-refractivity contribution is -0.166. The summed E-state index contributed by atoms with van der Waals surface area (Å²) in [4.78, 5) is 37.6. The van der Waals surface area contributed by atoms with E-state index in [0.29, 0.717) is 6.42 Å². The minimum Gasteiger partial charge on any atom is -0.462 e. The Balaban J connectivity index is 4.54. The molecule has 316 valence electrons. The standard InChI is InChI=1S/C50H80O6/c1-4-7-10-13-16-19-21-23-24-25-26-27-29-31-34-37-40-43-49(52)55-46-47(45-54-48(51)42-39-36-33-30-18-15-12-9-6-3)56-50(53)44-41-38-35-32-28-22-20-17-14-11-8-5-2/h9,12,16-20,23-24,26-27,30-31,34,36,39,47H,4-8,10-11,13-15,21-22,25,28-29,32-33,35,37-38,40-46H2,1-3H3/b12-9-,19-16-,20-17-,24-23-,27-26-,30-18-,34-31-,39-36-. The number of hydrogen-bond donors (Lipinski definition) is 0. The monoisotopic (exact) mass is 777 g/mol. The van der Waals surface area contributed by atoms with E-state index in [0.717, 1.165) is 77.0 Å². The molecule has 0 N–H and O–H groups in total. The van der Waals surface area contributed by atoms with Crippen LogP contribution >= 0.6 is 0 Å². The highest BCUT2D eigenvalue weighted by molar-refractivity contribution is 5.72. The summed E-state index contributed by atoms with van der Waals surface area (Å²) in [6, 6.07) is 0. The van der Waals surface area contributed by atoms with E-state index in [4.69, 9.17) is 14.2 Å². The number of carbonyl (C=O) groups is 3. The fourth-order valence-corrected chi connectivity index (χ4v) is 5.49. The summed E-state index contributed by atoms with van der Waals surface area (Å²) in [7, 11) is 0. The van der Waals surface area contributed by atoms with Gasteiger partial charge in [-0.1, -0.05) is 163 Å². The molecule has 0 aliphatic heterocycles. The molecule has 6 nitrogen and oxygen atoms in total. The molecule has 0 spiro atoms. The van der Waals surface area contributed by atoms with Crippen LogP contribution in [0.4, 0.5) is 0 Å². The van der Waals surface area contributed by atoms with Crippen LogP contribution in [0.15, 0.2) is 97.2 Å². The smallest absolute Gasteiger partial charge is 0.309 e. The number of esters is 3. The molecule has 0 aliphatic carbocycles. The summed E-state index contributed by atoms with van der Waals surface area (Å²) in [6.45, 7) is 6.28. The Labute approximate surface area is 343 Å². The van der Waals surface area contributed by atoms with Gasteiger partial charge < -0.3 is 14.2 Å². The van der Waals surface area contributed by atoms with Crippen molar-refractivity contribution in [1.29, 1.82) is 0 Å². The van der Waals surface area contributed by atoms with Crippen molar-refractivity contribution in [3.63, 3.8) is 0 Å². The van der Waals surface area contributed by atoms with E-state index in [9.17, 15) is 14.4 Å². The molecular formula is C50H80O6. The van der Waals surface area contributed by atoms with Crippen LogP contribution in [0, 0.1) is 0 Å². The minimum absolute atomic E-state index is 0.121. The van der Waals surface area contributed by atoms with E-state index in [2.05, 4.69) is 106 Å². The van der Waals surface area contributed by atoms with Crippen molar-refractivity contribution in [2.45, 2.75) is 187 Å². The van der Waals surface area contributed by atoms with Crippen LogP contribution in [0.25, 0.3) is 0 Å². The molecule has 0 saturated heterocycles. The second kappa shape index (κ2) is 44.0. The molecular weight excluding hydrogens is 697 g/mol. The first-order valence-electron chi connectivity index (χ1n) is 22.2. The van der Waals surface area contributed by atoms with Crippen LogP contribution in [0.3, 0.4) is 0 Å². The number of allylic oxidation sites excluding steroid dienone is 15. The molecule has 0 fully saturated rings. The fourth-order valence-electron chi connectivity index (χ4n) is 5.49. The van der Waals surface area contributed by atoms with E-state index in [1.807, 2.05) is 6.08 Å². The Hall–Kier alpha value is -3.67. The normalized spacial score (nSPS) is 13.0. The second-order valence-corrected chi connectivity index (χ2v) is 14.2. The summed E-state index contributed by atoms with van der Waals surface area (Å²) < 4.78 is 16.5. The molecule has 1 unspecified atom stereocenters. The van der Waals surface area contributed by atoms with Crippen molar-refractivity contribution in [3.05, 3.63) is 97.2 Å². The third-order valence-corrected chi connectivity index (χ3v) is 8.82. The Kier molecular flexibility index (Phi) is 41.2. The first-order chi connectivity index (χ1) is 27.5. The number of ether oxygens (including phenoxy) is 3. The first kappa shape index (κ1) is 52.3. The van der Waals surface area contributed by atoms with Crippen LogP contribution in [0.2, 0.25) is 0 Å². The van der Waals surface area contributed by atoms with Gasteiger partial charge in [0.2, 0.25) is 0 Å². The van der Waals surface area contributed by atoms with Gasteiger partial charge in [-0.3, -0.25) is 14.4 Å². The summed E-state index contributed by atoms with van der Waals surface area (Å²) in [5.41, 5.74) is 0. The number of unbranched alkanes of at least 4 members (excludes halogenated alkanes) is 12. The predicted molar refractivity (Wildman–Crippen MR) is 237 cm³/mol. The topological polar surface area (TPSA) is 78.9 Å². The third kappa shape index (κ3) is 41.5. The van der Waals surface area contributed by atoms with Gasteiger partial charge in [0.1, 0.15) is 13.2 Å². The molecule has 6 heteroatoms. The molecule has 56 heavy (non-hydrogen) atoms. The van der Waals surface area contributed by atoms with Crippen molar-refractivity contribution in [2.24, 2.45) is 0 Å². The quantitative estimate of drug-likeness (QED) is 0.0269. The van der Waals surface area contributed by atoms with Gasteiger partial charge in [-0.15, -0.1) is 0 Å². The zero-order valence-electron chi connectivity index (χ0n) is 35.9. The Morgan fingerprint density at radius 2 is 0.786 bits per heavy atom. The molecule has 0 heterocycles. The van der Waals surface area contributed by atoms with Crippen molar-refractivity contribution < 1.29 is 28.6 Å². The molecule has 0 aliphatic rings. The fraction of sp³-hybridized carbons (Fsp3) is 0.620. The maximum Gasteiger partial charge on any atom is 0.309 e. The number of hydrogen-bond acceptors (Lipinski definition) is 6. The van der Waals surface area contributed by atoms with E-state index in [-0.39, 0.29) is 44.4 Å². The maximum atomic E-state index is 12.7. The van der Waals surface area contributed by atoms with E-state index in [1.54, 1.807) is 6.08 Å². The summed E-state index contributed by atoms with van der Waals surface area (Å²) in [6.07, 6.45) is 57.1. The van der Waals surface area contributed by atoms with Crippen molar-refractivity contribution >= 4 is 17.9 Å². The van der Waals surface area contributed by atoms with Crippen molar-refractivity contribution in [3.8, 4) is 0 Å². The van der Waals surface area contributed by atoms with E-state index < -0.39 is 12.1 Å². The van der Waals surface area contributed by atoms with Gasteiger partial charge in [0.15, 0.2) is 6.10 Å². The van der Waals surface area contributed by atoms with Crippen LogP contribution in [-0.4, -0.2) is 37.2 Å². The average Bonchev–Trinajstić information content (AvgIpc) is 3.19. The summed E-state index contributed by atoms with van der Waals surface area (Å²) in [5.74, 6) is -1.14. The van der Waals surface area contributed by atoms with Gasteiger partial charge in [-0.2, -0.15) is 0 Å². The van der Waals surface area contributed by atoms with Gasteiger partial charge in [0, 0.05) is 12.8 Å². The maximum absolute atomic E-state index is 12.7. The zero-order valence-corrected chi connectivity index (χ0v) is 35.9. The Morgan fingerprint density at radius 1 is 0.393 bits per heavy atom. The summed E-state index contributed by atoms with van der Waals surface area (Å²) in [5, 5.41) is 0. The van der Waals surface area contributed by atoms with E-state index >= 15 is 0 Å². The van der Waals surface area contributed by atoms with Gasteiger partial charge in [0.25, 0.3) is 0 Å². The molecule has 1 atom stereocenters. The molecule has 0 bridgehead atoms. The number of carbonyl (C=O) groups excluding carboxylic acids is 3. The number of rotatable bonds is 38. The molecule has 0 rings (SSSR count). The molecule has 0 radical (unpaired) electrons. The predicted octanol–water partition coefficient (Wildman–Crippen LogP) is 14.2. The molecule has 0 aromatic rings. The highest BCUT2D eigenvalue weighted by Crippen LogP contribution is 2.11. The molecule has 0 aromatic heterocycles. The second-order valence-electron chi connectivity index (χ2n) is 14.2. The van der Waals surface area contributed by atoms with Gasteiger partial charge in [-0.05, 0) is 96.3 Å². The van der Waals surface area contributed by atoms with Crippen LogP contribution < -0.4 is 0 Å². The van der Waals surface area contributed by atoms with E-state index in [1.165, 1.54) is 57.8 Å². The van der Waals surface area contributed by atoms with Gasteiger partial charge >= 0.3 is 17.9 Å². The molecule has 0 amide bonds. The first-order valence-corrected chi connectivity index (χ1v) is 22.2. The average molecular weight is 777 g/mol. The minimum atomic E-state index is -0.837. The van der Waals surface area contributed by atoms with Crippen LogP contribution in [0.5, 0.6) is 0 Å². The largest absolute Gasteiger partial charge is 0.462 e. The van der Waals surface area contributed by atoms with Crippen LogP contribution in [-0.2, 0) is 28.6 Å². The molecule has 0 saturated carbocycles. The van der Waals surface area contributed by atoms with Gasteiger partial charge in [-0.25, -0.2) is 0 Å². The highest BCUT2D eigenvalue weighted by Gasteiger charge is 2.19. The van der Waals surface area contributed by atoms with Crippen molar-refractivity contribution in [2.75, 3.05) is 13.2 Å². The van der Waals surface area contributed by atoms with Crippen molar-refractivity contribution in [1.82, 2.24) is 0 Å². The van der Waals surface area contributed by atoms with Gasteiger partial charge in [0.05, 0.1) is 6.42 Å². The lowest BCUT2D eigenvalue weighted by Crippen LogP contribution is -2.30. The zero-order chi connectivity index (χ0) is 40.8. The lowest BCUT2D eigenvalue weighted by Gasteiger charge is -2.18. The highest BCUT2D eigenvalue weighted by atomic mass is 16.6. The molecule has 0 aromatic carbocycles. The van der Waals surface area contributed by atoms with Crippen LogP contribution in [0.1, 0.15) is 181 Å².